The van der Waals surface area contributed by atoms with Crippen LogP contribution in [-0.4, -0.2) is 5.12 Å². The van der Waals surface area contributed by atoms with Crippen molar-refractivity contribution in [1.82, 2.24) is 0 Å². The van der Waals surface area contributed by atoms with Crippen LogP contribution in [0.25, 0.3) is 0 Å². The Bertz CT molecular complexity index is 46.8. The second-order valence-corrected chi connectivity index (χ2v) is 1.43. The molecule has 0 spiro atoms. The Hall–Kier alpha value is -0.0200. The maximum atomic E-state index is 9.83. The van der Waals surface area contributed by atoms with E-state index in [0.29, 0.717) is 6.42 Å². The second kappa shape index (κ2) is 3.18. The highest BCUT2D eigenvalue weighted by Gasteiger charge is 1.92. The standard InChI is InChI=1S/C3H5O2S/c1-2-3(4)6-5/h2H2,1H3. The molecule has 0 bridgehead atoms. The molecule has 6 heavy (non-hydrogen) atoms. The van der Waals surface area contributed by atoms with E-state index in [0.717, 1.165) is 0 Å². The van der Waals surface area contributed by atoms with Crippen LogP contribution in [0.3, 0.4) is 0 Å². The second-order valence-electron chi connectivity index (χ2n) is 0.809. The van der Waals surface area contributed by atoms with E-state index in [9.17, 15) is 9.35 Å². The summed E-state index contributed by atoms with van der Waals surface area (Å²) in [4.78, 5) is 9.83. The fourth-order valence-electron chi connectivity index (χ4n) is 0.0589. The molecule has 0 aliphatic rings. The molecule has 0 fully saturated rings. The van der Waals surface area contributed by atoms with E-state index in [-0.39, 0.29) is 17.2 Å². The third-order valence-electron chi connectivity index (χ3n) is 0.382. The number of rotatable bonds is 1. The van der Waals surface area contributed by atoms with Crippen LogP contribution >= 0.6 is 12.0 Å². The first-order valence-electron chi connectivity index (χ1n) is 1.64. The molecule has 2 nitrogen and oxygen atoms in total. The van der Waals surface area contributed by atoms with Crippen molar-refractivity contribution in [2.24, 2.45) is 0 Å². The summed E-state index contributed by atoms with van der Waals surface area (Å²) in [7, 11) is 0. The molecule has 0 amide bonds. The van der Waals surface area contributed by atoms with Crippen molar-refractivity contribution < 1.29 is 9.35 Å². The van der Waals surface area contributed by atoms with E-state index in [1.54, 1.807) is 6.92 Å². The van der Waals surface area contributed by atoms with Gasteiger partial charge in [0.25, 0.3) is 0 Å². The lowest BCUT2D eigenvalue weighted by atomic mass is 10.6. The molecule has 0 aliphatic heterocycles. The summed E-state index contributed by atoms with van der Waals surface area (Å²) in [6.45, 7) is 1.66. The van der Waals surface area contributed by atoms with Gasteiger partial charge in [0.1, 0.15) is 12.0 Å². The van der Waals surface area contributed by atoms with Crippen LogP contribution in [-0.2, 0) is 9.35 Å². The average molecular weight is 105 g/mol. The third kappa shape index (κ3) is 2.23. The smallest absolute Gasteiger partial charge is 0.218 e. The Balaban J connectivity index is 2.99. The molecule has 0 saturated carbocycles. The molecule has 1 radical (unpaired) electrons. The highest BCUT2D eigenvalue weighted by Crippen LogP contribution is 1.96. The van der Waals surface area contributed by atoms with Gasteiger partial charge in [-0.25, -0.2) is 0 Å². The van der Waals surface area contributed by atoms with E-state index < -0.39 is 0 Å². The van der Waals surface area contributed by atoms with Crippen molar-refractivity contribution in [2.75, 3.05) is 0 Å². The summed E-state index contributed by atoms with van der Waals surface area (Å²) < 4.78 is 9.43. The lowest BCUT2D eigenvalue weighted by Gasteiger charge is -1.76. The predicted octanol–water partition coefficient (Wildman–Crippen LogP) is 1.00. The van der Waals surface area contributed by atoms with Gasteiger partial charge in [0, 0.05) is 6.42 Å². The lowest BCUT2D eigenvalue weighted by Crippen LogP contribution is -1.81. The van der Waals surface area contributed by atoms with Crippen LogP contribution in [0.4, 0.5) is 0 Å². The van der Waals surface area contributed by atoms with Crippen molar-refractivity contribution in [3.8, 4) is 0 Å². The van der Waals surface area contributed by atoms with E-state index in [1.807, 2.05) is 0 Å². The molecular formula is C3H5O2S. The lowest BCUT2D eigenvalue weighted by molar-refractivity contribution is -0.111. The van der Waals surface area contributed by atoms with Gasteiger partial charge in [-0.3, -0.25) is 4.79 Å². The maximum absolute atomic E-state index is 9.83. The van der Waals surface area contributed by atoms with Crippen LogP contribution in [0.5, 0.6) is 0 Å². The molecule has 0 aliphatic carbocycles. The first kappa shape index (κ1) is 5.98. The fourth-order valence-corrected chi connectivity index (χ4v) is 0.177. The SMILES string of the molecule is CCC(=O)S[O]. The first-order valence-corrected chi connectivity index (χ1v) is 2.38. The highest BCUT2D eigenvalue weighted by atomic mass is 32.2. The summed E-state index contributed by atoms with van der Waals surface area (Å²) in [5.74, 6) is 0. The monoisotopic (exact) mass is 105 g/mol. The Labute approximate surface area is 40.8 Å². The summed E-state index contributed by atoms with van der Waals surface area (Å²) >= 11 is 0.0359. The topological polar surface area (TPSA) is 37.0 Å². The van der Waals surface area contributed by atoms with Crippen molar-refractivity contribution >= 4 is 17.2 Å². The molecule has 0 N–H and O–H groups in total. The van der Waals surface area contributed by atoms with E-state index in [2.05, 4.69) is 0 Å². The minimum atomic E-state index is -0.296. The van der Waals surface area contributed by atoms with Gasteiger partial charge in [-0.1, -0.05) is 6.92 Å². The fraction of sp³-hybridized carbons (Fsp3) is 0.667. The zero-order chi connectivity index (χ0) is 4.99. The minimum absolute atomic E-state index is 0.0359. The highest BCUT2D eigenvalue weighted by molar-refractivity contribution is 8.08. The van der Waals surface area contributed by atoms with Crippen molar-refractivity contribution in [3.63, 3.8) is 0 Å². The van der Waals surface area contributed by atoms with E-state index in [4.69, 9.17) is 0 Å². The van der Waals surface area contributed by atoms with Crippen LogP contribution in [0, 0.1) is 0 Å². The predicted molar refractivity (Wildman–Crippen MR) is 23.6 cm³/mol. The van der Waals surface area contributed by atoms with Crippen molar-refractivity contribution in [2.45, 2.75) is 13.3 Å². The number of hydrogen-bond donors (Lipinski definition) is 0. The number of hydrogen-bond acceptors (Lipinski definition) is 2. The molecular weight excluding hydrogens is 100 g/mol. The molecule has 0 aromatic carbocycles. The molecule has 0 rings (SSSR count). The normalized spacial score (nSPS) is 8.33. The number of carbonyl (C=O) groups is 1. The number of carbonyl (C=O) groups excluding carboxylic acids is 1. The molecule has 0 aromatic heterocycles. The van der Waals surface area contributed by atoms with Crippen LogP contribution in [0.1, 0.15) is 13.3 Å². The van der Waals surface area contributed by atoms with Gasteiger partial charge < -0.3 is 0 Å². The van der Waals surface area contributed by atoms with Gasteiger partial charge >= 0.3 is 0 Å². The minimum Gasteiger partial charge on any atom is -0.285 e. The van der Waals surface area contributed by atoms with Gasteiger partial charge in [0.2, 0.25) is 5.12 Å². The van der Waals surface area contributed by atoms with Gasteiger partial charge in [-0.2, -0.15) is 0 Å². The Kier molecular flexibility index (Phi) is 3.17. The molecule has 3 heteroatoms. The average Bonchev–Trinajstić information content (AvgIpc) is 1.65. The van der Waals surface area contributed by atoms with Crippen LogP contribution in [0.15, 0.2) is 0 Å². The summed E-state index contributed by atoms with van der Waals surface area (Å²) in [5, 5.41) is -0.296. The summed E-state index contributed by atoms with van der Waals surface area (Å²) in [6, 6.07) is 0. The maximum Gasteiger partial charge on any atom is 0.218 e. The zero-order valence-corrected chi connectivity index (χ0v) is 4.25. The van der Waals surface area contributed by atoms with E-state index >= 15 is 0 Å². The largest absolute Gasteiger partial charge is 0.285 e. The molecule has 0 atom stereocenters. The Morgan fingerprint density at radius 3 is 2.33 bits per heavy atom. The summed E-state index contributed by atoms with van der Waals surface area (Å²) in [5.41, 5.74) is 0. The van der Waals surface area contributed by atoms with Crippen molar-refractivity contribution in [1.29, 1.82) is 0 Å². The molecule has 0 saturated heterocycles. The first-order chi connectivity index (χ1) is 2.81. The van der Waals surface area contributed by atoms with Crippen LogP contribution in [0.2, 0.25) is 0 Å². The third-order valence-corrected chi connectivity index (χ3v) is 0.856. The molecule has 0 unspecified atom stereocenters. The van der Waals surface area contributed by atoms with Crippen molar-refractivity contribution in [3.05, 3.63) is 0 Å². The van der Waals surface area contributed by atoms with Gasteiger partial charge in [-0.15, -0.1) is 4.55 Å². The van der Waals surface area contributed by atoms with Crippen LogP contribution < -0.4 is 0 Å². The Morgan fingerprint density at radius 2 is 2.33 bits per heavy atom. The molecule has 0 heterocycles. The van der Waals surface area contributed by atoms with Gasteiger partial charge in [0.05, 0.1) is 0 Å². The Morgan fingerprint density at radius 1 is 1.83 bits per heavy atom. The molecule has 35 valence electrons. The molecule has 0 aromatic rings. The van der Waals surface area contributed by atoms with E-state index in [1.165, 1.54) is 0 Å². The van der Waals surface area contributed by atoms with Gasteiger partial charge in [0.15, 0.2) is 0 Å². The quantitative estimate of drug-likeness (QED) is 0.466. The summed E-state index contributed by atoms with van der Waals surface area (Å²) in [6.07, 6.45) is 0.341. The van der Waals surface area contributed by atoms with Gasteiger partial charge in [-0.05, 0) is 0 Å². The zero-order valence-electron chi connectivity index (χ0n) is 3.43.